The smallest absolute Gasteiger partial charge is 0.202 e. The summed E-state index contributed by atoms with van der Waals surface area (Å²) in [5.41, 5.74) is 0. The summed E-state index contributed by atoms with van der Waals surface area (Å²) in [5.74, 6) is 0.381. The third-order valence-electron chi connectivity index (χ3n) is 7.48. The van der Waals surface area contributed by atoms with Crippen LogP contribution in [0.2, 0.25) is 0 Å². The minimum atomic E-state index is -0.126. The summed E-state index contributed by atoms with van der Waals surface area (Å²) >= 11 is 0. The van der Waals surface area contributed by atoms with Crippen LogP contribution in [0.5, 0.6) is 0 Å². The standard InChI is InChI=1S/C22H36N2O3/c25-20-9-8-17-14-23-10-1-2-11-24-12-4-6-18(24)15-27-19-7-3-5-16(13-19)21(17)22(20)26/h16-19,21,23H,1-15H2. The van der Waals surface area contributed by atoms with Gasteiger partial charge in [-0.2, -0.15) is 0 Å². The zero-order valence-corrected chi connectivity index (χ0v) is 16.7. The predicted molar refractivity (Wildman–Crippen MR) is 105 cm³/mol. The molecule has 5 nitrogen and oxygen atoms in total. The molecule has 0 aromatic heterocycles. The van der Waals surface area contributed by atoms with E-state index in [-0.39, 0.29) is 23.6 Å². The van der Waals surface area contributed by atoms with Crippen molar-refractivity contribution >= 4 is 11.6 Å². The van der Waals surface area contributed by atoms with E-state index in [2.05, 4.69) is 10.2 Å². The van der Waals surface area contributed by atoms with Crippen LogP contribution in [-0.4, -0.2) is 61.4 Å². The Hall–Kier alpha value is -0.780. The Labute approximate surface area is 163 Å². The molecule has 2 saturated heterocycles. The van der Waals surface area contributed by atoms with Gasteiger partial charge in [0.1, 0.15) is 0 Å². The number of rotatable bonds is 0. The molecular weight excluding hydrogens is 340 g/mol. The molecule has 0 spiro atoms. The Morgan fingerprint density at radius 3 is 2.74 bits per heavy atom. The van der Waals surface area contributed by atoms with Gasteiger partial charge >= 0.3 is 0 Å². The Morgan fingerprint density at radius 2 is 1.81 bits per heavy atom. The monoisotopic (exact) mass is 376 g/mol. The van der Waals surface area contributed by atoms with Crippen LogP contribution in [0.15, 0.2) is 0 Å². The molecule has 0 aromatic carbocycles. The lowest BCUT2D eigenvalue weighted by Gasteiger charge is -2.39. The summed E-state index contributed by atoms with van der Waals surface area (Å²) in [6, 6.07) is 0.578. The number of fused-ring (bicyclic) bond motifs is 5. The zero-order chi connectivity index (χ0) is 18.6. The number of nitrogens with one attached hydrogen (secondary N) is 1. The van der Waals surface area contributed by atoms with Gasteiger partial charge in [-0.25, -0.2) is 0 Å². The maximum atomic E-state index is 12.8. The maximum absolute atomic E-state index is 12.8. The third-order valence-corrected chi connectivity index (χ3v) is 7.48. The molecule has 0 radical (unpaired) electrons. The number of Topliss-reactive ketones (excluding diaryl/α,β-unsaturated/α-hetero) is 2. The lowest BCUT2D eigenvalue weighted by atomic mass is 9.66. The summed E-state index contributed by atoms with van der Waals surface area (Å²) in [4.78, 5) is 27.6. The molecule has 152 valence electrons. The average molecular weight is 377 g/mol. The molecule has 2 aliphatic heterocycles. The highest BCUT2D eigenvalue weighted by molar-refractivity contribution is 6.38. The van der Waals surface area contributed by atoms with Crippen LogP contribution in [-0.2, 0) is 14.3 Å². The first-order chi connectivity index (χ1) is 13.2. The number of ether oxygens (including phenoxy) is 1. The lowest BCUT2D eigenvalue weighted by molar-refractivity contribution is -0.145. The van der Waals surface area contributed by atoms with Gasteiger partial charge in [0.05, 0.1) is 12.7 Å². The van der Waals surface area contributed by atoms with E-state index in [0.717, 1.165) is 51.8 Å². The highest BCUT2D eigenvalue weighted by atomic mass is 16.5. The Balaban J connectivity index is 1.47. The Kier molecular flexibility index (Phi) is 6.62. The zero-order valence-electron chi connectivity index (χ0n) is 16.7. The van der Waals surface area contributed by atoms with Crippen molar-refractivity contribution in [2.45, 2.75) is 76.4 Å². The lowest BCUT2D eigenvalue weighted by Crippen LogP contribution is -2.45. The molecule has 27 heavy (non-hydrogen) atoms. The molecule has 4 rings (SSSR count). The van der Waals surface area contributed by atoms with Crippen LogP contribution < -0.4 is 5.32 Å². The number of nitrogens with zero attached hydrogens (tertiary/aromatic N) is 1. The fourth-order valence-electron chi connectivity index (χ4n) is 5.98. The number of ketones is 2. The predicted octanol–water partition coefficient (Wildman–Crippen LogP) is 2.57. The van der Waals surface area contributed by atoms with Gasteiger partial charge in [0, 0.05) is 18.4 Å². The number of hydrogen-bond acceptors (Lipinski definition) is 5. The van der Waals surface area contributed by atoms with E-state index in [0.29, 0.717) is 24.3 Å². The molecule has 4 aliphatic rings. The van der Waals surface area contributed by atoms with Crippen molar-refractivity contribution in [3.63, 3.8) is 0 Å². The molecule has 2 bridgehead atoms. The molecular formula is C22H36N2O3. The number of carbonyl (C=O) groups is 2. The maximum Gasteiger partial charge on any atom is 0.202 e. The van der Waals surface area contributed by atoms with Gasteiger partial charge in [-0.05, 0) is 89.4 Å². The molecule has 5 heteroatoms. The van der Waals surface area contributed by atoms with E-state index in [9.17, 15) is 9.59 Å². The molecule has 5 atom stereocenters. The van der Waals surface area contributed by atoms with Crippen molar-refractivity contribution in [3.8, 4) is 0 Å². The van der Waals surface area contributed by atoms with Gasteiger partial charge in [-0.3, -0.25) is 14.5 Å². The van der Waals surface area contributed by atoms with Crippen LogP contribution in [0, 0.1) is 17.8 Å². The van der Waals surface area contributed by atoms with E-state index in [1.165, 1.54) is 38.8 Å². The number of hydrogen-bond donors (Lipinski definition) is 1. The van der Waals surface area contributed by atoms with E-state index in [1.54, 1.807) is 0 Å². The minimum absolute atomic E-state index is 0.0711. The van der Waals surface area contributed by atoms with Crippen LogP contribution in [0.25, 0.3) is 0 Å². The molecule has 2 saturated carbocycles. The van der Waals surface area contributed by atoms with Crippen molar-refractivity contribution < 1.29 is 14.3 Å². The van der Waals surface area contributed by atoms with E-state index in [4.69, 9.17) is 4.74 Å². The normalized spacial score (nSPS) is 39.9. The first-order valence-electron chi connectivity index (χ1n) is 11.4. The molecule has 2 heterocycles. The quantitative estimate of drug-likeness (QED) is 0.659. The Morgan fingerprint density at radius 1 is 0.926 bits per heavy atom. The van der Waals surface area contributed by atoms with Gasteiger partial charge in [-0.15, -0.1) is 0 Å². The molecule has 1 N–H and O–H groups in total. The summed E-state index contributed by atoms with van der Waals surface area (Å²) in [7, 11) is 0. The first-order valence-corrected chi connectivity index (χ1v) is 11.4. The largest absolute Gasteiger partial charge is 0.377 e. The van der Waals surface area contributed by atoms with Gasteiger partial charge in [0.2, 0.25) is 5.78 Å². The van der Waals surface area contributed by atoms with Crippen molar-refractivity contribution in [1.29, 1.82) is 0 Å². The van der Waals surface area contributed by atoms with Crippen LogP contribution in [0.1, 0.15) is 64.2 Å². The summed E-state index contributed by atoms with van der Waals surface area (Å²) in [6.45, 7) is 5.15. The average Bonchev–Trinajstić information content (AvgIpc) is 3.12. The fourth-order valence-corrected chi connectivity index (χ4v) is 5.98. The number of carbonyl (C=O) groups excluding carboxylic acids is 2. The van der Waals surface area contributed by atoms with Gasteiger partial charge in [-0.1, -0.05) is 6.42 Å². The van der Waals surface area contributed by atoms with Crippen LogP contribution in [0.3, 0.4) is 0 Å². The topological polar surface area (TPSA) is 58.6 Å². The SMILES string of the molecule is O=C1CCC2CNCCCCN3CCCC3COC3CCCC(C3)C2C1=O. The van der Waals surface area contributed by atoms with E-state index >= 15 is 0 Å². The van der Waals surface area contributed by atoms with E-state index in [1.807, 2.05) is 0 Å². The van der Waals surface area contributed by atoms with Crippen molar-refractivity contribution in [2.24, 2.45) is 17.8 Å². The highest BCUT2D eigenvalue weighted by Gasteiger charge is 2.43. The van der Waals surface area contributed by atoms with Gasteiger partial charge in [0.25, 0.3) is 0 Å². The molecule has 5 unspecified atom stereocenters. The third kappa shape index (κ3) is 4.63. The minimum Gasteiger partial charge on any atom is -0.377 e. The molecule has 2 aliphatic carbocycles. The molecule has 0 amide bonds. The summed E-state index contributed by atoms with van der Waals surface area (Å²) in [6.07, 6.45) is 10.8. The first kappa shape index (κ1) is 19.5. The highest BCUT2D eigenvalue weighted by Crippen LogP contribution is 2.40. The van der Waals surface area contributed by atoms with Crippen molar-refractivity contribution in [2.75, 3.05) is 32.8 Å². The van der Waals surface area contributed by atoms with E-state index < -0.39 is 0 Å². The molecule has 0 aromatic rings. The van der Waals surface area contributed by atoms with Gasteiger partial charge < -0.3 is 10.1 Å². The summed E-state index contributed by atoms with van der Waals surface area (Å²) < 4.78 is 6.39. The van der Waals surface area contributed by atoms with Crippen molar-refractivity contribution in [1.82, 2.24) is 10.2 Å². The second-order valence-electron chi connectivity index (χ2n) is 9.24. The van der Waals surface area contributed by atoms with Crippen LogP contribution in [0.4, 0.5) is 0 Å². The van der Waals surface area contributed by atoms with Crippen LogP contribution >= 0.6 is 0 Å². The van der Waals surface area contributed by atoms with Crippen molar-refractivity contribution in [3.05, 3.63) is 0 Å². The fraction of sp³-hybridized carbons (Fsp3) is 0.909. The Bertz CT molecular complexity index is 538. The van der Waals surface area contributed by atoms with Gasteiger partial charge in [0.15, 0.2) is 5.78 Å². The second-order valence-corrected chi connectivity index (χ2v) is 9.24. The summed E-state index contributed by atoms with van der Waals surface area (Å²) in [5, 5.41) is 3.61. The molecule has 4 fully saturated rings. The second kappa shape index (κ2) is 9.15.